The van der Waals surface area contributed by atoms with Gasteiger partial charge in [-0.3, -0.25) is 9.59 Å². The van der Waals surface area contributed by atoms with Crippen LogP contribution >= 0.6 is 11.3 Å². The van der Waals surface area contributed by atoms with E-state index in [0.717, 1.165) is 42.8 Å². The summed E-state index contributed by atoms with van der Waals surface area (Å²) in [5.41, 5.74) is 1.59. The van der Waals surface area contributed by atoms with Gasteiger partial charge in [0.2, 0.25) is 5.78 Å². The van der Waals surface area contributed by atoms with Gasteiger partial charge in [0.05, 0.1) is 23.1 Å². The highest BCUT2D eigenvalue weighted by Crippen LogP contribution is 2.31. The van der Waals surface area contributed by atoms with E-state index in [9.17, 15) is 9.59 Å². The predicted molar refractivity (Wildman–Crippen MR) is 90.0 cm³/mol. The van der Waals surface area contributed by atoms with Gasteiger partial charge in [0.15, 0.2) is 0 Å². The zero-order valence-electron chi connectivity index (χ0n) is 13.3. The van der Waals surface area contributed by atoms with Gasteiger partial charge in [-0.25, -0.2) is 0 Å². The molecule has 1 aliphatic heterocycles. The third-order valence-electron chi connectivity index (χ3n) is 4.25. The molecular weight excluding hydrogens is 310 g/mol. The summed E-state index contributed by atoms with van der Waals surface area (Å²) in [6, 6.07) is 7.47. The van der Waals surface area contributed by atoms with E-state index in [0.29, 0.717) is 12.3 Å². The van der Waals surface area contributed by atoms with Gasteiger partial charge >= 0.3 is 5.97 Å². The molecule has 1 aliphatic rings. The van der Waals surface area contributed by atoms with E-state index in [-0.39, 0.29) is 17.7 Å². The summed E-state index contributed by atoms with van der Waals surface area (Å²) in [5, 5.41) is 1.90. The molecule has 0 N–H and O–H groups in total. The Bertz CT molecular complexity index is 687. The quantitative estimate of drug-likeness (QED) is 0.457. The first-order valence-electron chi connectivity index (χ1n) is 8.16. The van der Waals surface area contributed by atoms with Crippen molar-refractivity contribution in [1.29, 1.82) is 0 Å². The molecule has 0 fully saturated rings. The van der Waals surface area contributed by atoms with Crippen LogP contribution < -0.4 is 0 Å². The summed E-state index contributed by atoms with van der Waals surface area (Å²) in [4.78, 5) is 25.7. The largest absolute Gasteiger partial charge is 0.465 e. The second kappa shape index (κ2) is 7.13. The Morgan fingerprint density at radius 3 is 2.96 bits per heavy atom. The Morgan fingerprint density at radius 1 is 1.35 bits per heavy atom. The van der Waals surface area contributed by atoms with E-state index >= 15 is 0 Å². The van der Waals surface area contributed by atoms with Crippen molar-refractivity contribution in [3.8, 4) is 0 Å². The number of thiophene rings is 1. The molecule has 0 aliphatic carbocycles. The van der Waals surface area contributed by atoms with Crippen molar-refractivity contribution >= 4 is 23.1 Å². The van der Waals surface area contributed by atoms with Gasteiger partial charge in [-0.2, -0.15) is 0 Å². The number of ether oxygens (including phenoxy) is 1. The first-order valence-corrected chi connectivity index (χ1v) is 9.04. The van der Waals surface area contributed by atoms with Gasteiger partial charge in [0.1, 0.15) is 0 Å². The number of hydrogen-bond donors (Lipinski definition) is 0. The normalized spacial score (nSPS) is 16.8. The summed E-state index contributed by atoms with van der Waals surface area (Å²) in [6.07, 6.45) is 3.58. The van der Waals surface area contributed by atoms with Gasteiger partial charge in [-0.1, -0.05) is 19.4 Å². The average molecular weight is 331 g/mol. The minimum atomic E-state index is -0.245. The van der Waals surface area contributed by atoms with Crippen molar-refractivity contribution in [2.45, 2.75) is 45.1 Å². The van der Waals surface area contributed by atoms with E-state index in [2.05, 4.69) is 6.92 Å². The van der Waals surface area contributed by atoms with E-state index in [1.165, 1.54) is 11.3 Å². The fourth-order valence-electron chi connectivity index (χ4n) is 3.03. The average Bonchev–Trinajstić information content (AvgIpc) is 3.23. The Kier molecular flexibility index (Phi) is 4.96. The lowest BCUT2D eigenvalue weighted by molar-refractivity contribution is -0.146. The minimum Gasteiger partial charge on any atom is -0.465 e. The van der Waals surface area contributed by atoms with Gasteiger partial charge in [-0.05, 0) is 42.8 Å². The van der Waals surface area contributed by atoms with Gasteiger partial charge in [0, 0.05) is 12.2 Å². The van der Waals surface area contributed by atoms with Crippen molar-refractivity contribution in [1.82, 2.24) is 4.57 Å². The molecule has 4 nitrogen and oxygen atoms in total. The highest BCUT2D eigenvalue weighted by atomic mass is 32.1. The highest BCUT2D eigenvalue weighted by molar-refractivity contribution is 7.12. The number of carbonyl (C=O) groups excluding carboxylic acids is 2. The summed E-state index contributed by atoms with van der Waals surface area (Å²) in [7, 11) is 0. The zero-order valence-corrected chi connectivity index (χ0v) is 14.1. The Morgan fingerprint density at radius 2 is 2.22 bits per heavy atom. The smallest absolute Gasteiger partial charge is 0.314 e. The topological polar surface area (TPSA) is 48.3 Å². The number of unbranched alkanes of at least 4 members (excludes halogenated alkanes) is 1. The molecule has 0 amide bonds. The Balaban J connectivity index is 1.81. The molecule has 1 unspecified atom stereocenters. The second-order valence-electron chi connectivity index (χ2n) is 5.82. The predicted octanol–water partition coefficient (Wildman–Crippen LogP) is 4.00. The van der Waals surface area contributed by atoms with Crippen LogP contribution in [-0.4, -0.2) is 22.9 Å². The molecule has 2 aromatic rings. The van der Waals surface area contributed by atoms with E-state index in [4.69, 9.17) is 4.74 Å². The fraction of sp³-hybridized carbons (Fsp3) is 0.444. The molecule has 0 radical (unpaired) electrons. The monoisotopic (exact) mass is 331 g/mol. The number of carbonyl (C=O) groups is 2. The Labute approximate surface area is 140 Å². The van der Waals surface area contributed by atoms with E-state index < -0.39 is 0 Å². The SMILES string of the molecule is CCCCOC(=O)C1CCCn2c(C(=O)c3cccs3)ccc21. The number of aromatic nitrogens is 1. The molecule has 0 saturated carbocycles. The lowest BCUT2D eigenvalue weighted by Gasteiger charge is -2.24. The maximum atomic E-state index is 12.6. The third-order valence-corrected chi connectivity index (χ3v) is 5.12. The minimum absolute atomic E-state index is 0.0336. The van der Waals surface area contributed by atoms with Crippen LogP contribution in [0.4, 0.5) is 0 Å². The standard InChI is InChI=1S/C18H21NO3S/c1-2-3-11-22-18(21)13-6-4-10-19-14(13)8-9-15(19)17(20)16-7-5-12-23-16/h5,7-9,12-13H,2-4,6,10-11H2,1H3. The van der Waals surface area contributed by atoms with Crippen LogP contribution in [0.15, 0.2) is 29.6 Å². The van der Waals surface area contributed by atoms with Crippen LogP contribution in [0.2, 0.25) is 0 Å². The number of ketones is 1. The summed E-state index contributed by atoms with van der Waals surface area (Å²) in [5.74, 6) is -0.371. The first-order chi connectivity index (χ1) is 11.2. The number of hydrogen-bond acceptors (Lipinski definition) is 4. The Hall–Kier alpha value is -1.88. The van der Waals surface area contributed by atoms with Gasteiger partial charge in [0.25, 0.3) is 0 Å². The molecule has 122 valence electrons. The molecule has 0 bridgehead atoms. The molecule has 0 spiro atoms. The van der Waals surface area contributed by atoms with Gasteiger partial charge in [-0.15, -0.1) is 11.3 Å². The summed E-state index contributed by atoms with van der Waals surface area (Å²) < 4.78 is 7.38. The molecule has 0 saturated heterocycles. The number of esters is 1. The second-order valence-corrected chi connectivity index (χ2v) is 6.77. The van der Waals surface area contributed by atoms with Crippen LogP contribution in [0.1, 0.15) is 59.6 Å². The molecule has 3 heterocycles. The third kappa shape index (κ3) is 3.24. The number of fused-ring (bicyclic) bond motifs is 1. The molecule has 5 heteroatoms. The summed E-state index contributed by atoms with van der Waals surface area (Å²) in [6.45, 7) is 3.34. The van der Waals surface area contributed by atoms with Crippen LogP contribution in [-0.2, 0) is 16.1 Å². The van der Waals surface area contributed by atoms with Crippen LogP contribution in [0.5, 0.6) is 0 Å². The fourth-order valence-corrected chi connectivity index (χ4v) is 3.70. The number of nitrogens with zero attached hydrogens (tertiary/aromatic N) is 1. The van der Waals surface area contributed by atoms with Crippen molar-refractivity contribution < 1.29 is 14.3 Å². The summed E-state index contributed by atoms with van der Waals surface area (Å²) >= 11 is 1.45. The zero-order chi connectivity index (χ0) is 16.2. The maximum absolute atomic E-state index is 12.6. The molecular formula is C18H21NO3S. The number of rotatable bonds is 6. The van der Waals surface area contributed by atoms with Crippen LogP contribution in [0, 0.1) is 0 Å². The van der Waals surface area contributed by atoms with Gasteiger partial charge < -0.3 is 9.30 Å². The maximum Gasteiger partial charge on any atom is 0.314 e. The van der Waals surface area contributed by atoms with Crippen molar-refractivity contribution in [3.05, 3.63) is 45.9 Å². The lowest BCUT2D eigenvalue weighted by Crippen LogP contribution is -2.25. The van der Waals surface area contributed by atoms with E-state index in [1.54, 1.807) is 0 Å². The highest BCUT2D eigenvalue weighted by Gasteiger charge is 2.30. The van der Waals surface area contributed by atoms with E-state index in [1.807, 2.05) is 34.2 Å². The molecule has 2 aromatic heterocycles. The molecule has 23 heavy (non-hydrogen) atoms. The first kappa shape index (κ1) is 16.0. The van der Waals surface area contributed by atoms with Crippen LogP contribution in [0.3, 0.4) is 0 Å². The van der Waals surface area contributed by atoms with Crippen molar-refractivity contribution in [2.24, 2.45) is 0 Å². The molecule has 3 rings (SSSR count). The lowest BCUT2D eigenvalue weighted by atomic mass is 9.96. The van der Waals surface area contributed by atoms with Crippen LogP contribution in [0.25, 0.3) is 0 Å². The molecule has 1 atom stereocenters. The van der Waals surface area contributed by atoms with Crippen molar-refractivity contribution in [3.63, 3.8) is 0 Å². The van der Waals surface area contributed by atoms with Crippen molar-refractivity contribution in [2.75, 3.05) is 6.61 Å². The molecule has 0 aromatic carbocycles.